The molecule has 0 bridgehead atoms. The Morgan fingerprint density at radius 1 is 1.40 bits per heavy atom. The lowest BCUT2D eigenvalue weighted by molar-refractivity contribution is -0.130. The molecule has 0 unspecified atom stereocenters. The summed E-state index contributed by atoms with van der Waals surface area (Å²) in [5.41, 5.74) is 5.31. The molecule has 2 rings (SSSR count). The molecular weight excluding hydrogens is 322 g/mol. The molecule has 5 nitrogen and oxygen atoms in total. The molecule has 1 heterocycles. The number of aliphatic hydroxyl groups is 1. The van der Waals surface area contributed by atoms with Gasteiger partial charge < -0.3 is 20.5 Å². The van der Waals surface area contributed by atoms with E-state index in [-0.39, 0.29) is 23.1 Å². The molecule has 0 atom stereocenters. The van der Waals surface area contributed by atoms with E-state index < -0.39 is 5.60 Å². The van der Waals surface area contributed by atoms with Crippen LogP contribution in [0.15, 0.2) is 4.99 Å². The second kappa shape index (κ2) is 7.61. The topological polar surface area (TPSA) is 71.1 Å². The quantitative estimate of drug-likeness (QED) is 0.596. The molecule has 1 aliphatic carbocycles. The van der Waals surface area contributed by atoms with E-state index in [0.29, 0.717) is 32.0 Å². The highest BCUT2D eigenvalue weighted by Crippen LogP contribution is 2.34. The Balaban J connectivity index is 0.00000200. The Morgan fingerprint density at radius 3 is 2.55 bits per heavy atom. The van der Waals surface area contributed by atoms with Crippen molar-refractivity contribution in [2.24, 2.45) is 16.6 Å². The summed E-state index contributed by atoms with van der Waals surface area (Å²) in [6.45, 7) is 7.32. The zero-order valence-corrected chi connectivity index (χ0v) is 14.3. The van der Waals surface area contributed by atoms with Crippen molar-refractivity contribution in [2.75, 3.05) is 26.2 Å². The fourth-order valence-corrected chi connectivity index (χ4v) is 2.84. The molecule has 0 aromatic carbocycles. The summed E-state index contributed by atoms with van der Waals surface area (Å²) in [7, 11) is 0. The first kappa shape index (κ1) is 17.7. The SMILES string of the molecule is Br.CCOC1CC(O)(CN=C(N)N2CCC(C)CC2)C1. The molecule has 0 aromatic rings. The van der Waals surface area contributed by atoms with E-state index in [4.69, 9.17) is 10.5 Å². The monoisotopic (exact) mass is 349 g/mol. The minimum atomic E-state index is -0.701. The van der Waals surface area contributed by atoms with Crippen LogP contribution in [-0.2, 0) is 4.74 Å². The fraction of sp³-hybridized carbons (Fsp3) is 0.929. The molecule has 1 saturated heterocycles. The lowest BCUT2D eigenvalue weighted by atomic mass is 9.77. The van der Waals surface area contributed by atoms with Crippen molar-refractivity contribution in [3.8, 4) is 0 Å². The van der Waals surface area contributed by atoms with Gasteiger partial charge >= 0.3 is 0 Å². The Labute approximate surface area is 132 Å². The summed E-state index contributed by atoms with van der Waals surface area (Å²) < 4.78 is 5.46. The third-order valence-electron chi connectivity index (χ3n) is 4.26. The number of guanidine groups is 1. The van der Waals surface area contributed by atoms with Crippen LogP contribution in [-0.4, -0.2) is 53.9 Å². The van der Waals surface area contributed by atoms with Crippen molar-refractivity contribution in [3.05, 3.63) is 0 Å². The molecule has 0 aromatic heterocycles. The predicted octanol–water partition coefficient (Wildman–Crippen LogP) is 1.54. The lowest BCUT2D eigenvalue weighted by Gasteiger charge is -2.42. The van der Waals surface area contributed by atoms with Gasteiger partial charge in [0, 0.05) is 32.5 Å². The van der Waals surface area contributed by atoms with Crippen molar-refractivity contribution < 1.29 is 9.84 Å². The highest BCUT2D eigenvalue weighted by atomic mass is 79.9. The molecule has 118 valence electrons. The number of nitrogens with zero attached hydrogens (tertiary/aromatic N) is 2. The van der Waals surface area contributed by atoms with Crippen molar-refractivity contribution in [1.29, 1.82) is 0 Å². The Bertz CT molecular complexity index is 324. The summed E-state index contributed by atoms with van der Waals surface area (Å²) >= 11 is 0. The number of nitrogens with two attached hydrogens (primary N) is 1. The van der Waals surface area contributed by atoms with Crippen LogP contribution in [0.2, 0.25) is 0 Å². The number of hydrogen-bond donors (Lipinski definition) is 2. The first-order chi connectivity index (χ1) is 9.02. The van der Waals surface area contributed by atoms with E-state index >= 15 is 0 Å². The van der Waals surface area contributed by atoms with Gasteiger partial charge in [0.15, 0.2) is 5.96 Å². The van der Waals surface area contributed by atoms with Crippen LogP contribution in [0.5, 0.6) is 0 Å². The normalized spacial score (nSPS) is 31.6. The molecule has 0 amide bonds. The van der Waals surface area contributed by atoms with Gasteiger partial charge in [-0.05, 0) is 25.7 Å². The smallest absolute Gasteiger partial charge is 0.191 e. The molecule has 20 heavy (non-hydrogen) atoms. The van der Waals surface area contributed by atoms with Gasteiger partial charge in [-0.3, -0.25) is 4.99 Å². The van der Waals surface area contributed by atoms with Crippen molar-refractivity contribution in [1.82, 2.24) is 4.90 Å². The number of likely N-dealkylation sites (tertiary alicyclic amines) is 1. The first-order valence-electron chi connectivity index (χ1n) is 7.41. The van der Waals surface area contributed by atoms with Crippen LogP contribution in [0.1, 0.15) is 39.5 Å². The van der Waals surface area contributed by atoms with E-state index in [9.17, 15) is 5.11 Å². The minimum Gasteiger partial charge on any atom is -0.388 e. The molecule has 6 heteroatoms. The predicted molar refractivity (Wildman–Crippen MR) is 86.4 cm³/mol. The third kappa shape index (κ3) is 4.60. The third-order valence-corrected chi connectivity index (χ3v) is 4.26. The van der Waals surface area contributed by atoms with Gasteiger partial charge in [-0.2, -0.15) is 0 Å². The average molecular weight is 350 g/mol. The van der Waals surface area contributed by atoms with Crippen molar-refractivity contribution in [2.45, 2.75) is 51.2 Å². The standard InChI is InChI=1S/C14H27N3O2.BrH/c1-3-19-12-8-14(18,9-12)10-16-13(15)17-6-4-11(2)5-7-17;/h11-12,18H,3-10H2,1-2H3,(H2,15,16);1H. The van der Waals surface area contributed by atoms with E-state index in [0.717, 1.165) is 19.0 Å². The Morgan fingerprint density at radius 2 is 2.00 bits per heavy atom. The molecule has 2 aliphatic rings. The van der Waals surface area contributed by atoms with E-state index in [1.807, 2.05) is 6.92 Å². The zero-order valence-electron chi connectivity index (χ0n) is 12.5. The number of hydrogen-bond acceptors (Lipinski definition) is 3. The zero-order chi connectivity index (χ0) is 13.9. The number of ether oxygens (including phenoxy) is 1. The minimum absolute atomic E-state index is 0. The summed E-state index contributed by atoms with van der Waals surface area (Å²) in [5, 5.41) is 10.2. The van der Waals surface area contributed by atoms with Crippen LogP contribution >= 0.6 is 17.0 Å². The summed E-state index contributed by atoms with van der Waals surface area (Å²) in [6.07, 6.45) is 3.89. The van der Waals surface area contributed by atoms with Gasteiger partial charge in [0.1, 0.15) is 0 Å². The number of aliphatic imine (C=N–C) groups is 1. The van der Waals surface area contributed by atoms with Crippen LogP contribution < -0.4 is 5.73 Å². The largest absolute Gasteiger partial charge is 0.388 e. The summed E-state index contributed by atoms with van der Waals surface area (Å²) in [6, 6.07) is 0. The van der Waals surface area contributed by atoms with E-state index in [1.54, 1.807) is 0 Å². The van der Waals surface area contributed by atoms with Crippen molar-refractivity contribution >= 4 is 22.9 Å². The Hall–Kier alpha value is -0.330. The van der Waals surface area contributed by atoms with Gasteiger partial charge in [0.25, 0.3) is 0 Å². The maximum absolute atomic E-state index is 10.2. The van der Waals surface area contributed by atoms with Crippen molar-refractivity contribution in [3.63, 3.8) is 0 Å². The molecular formula is C14H28BrN3O2. The van der Waals surface area contributed by atoms with Crippen LogP contribution in [0.3, 0.4) is 0 Å². The molecule has 1 aliphatic heterocycles. The Kier molecular flexibility index (Phi) is 6.75. The second-order valence-corrected chi connectivity index (χ2v) is 6.05. The number of rotatable bonds is 4. The van der Waals surface area contributed by atoms with Gasteiger partial charge in [0.05, 0.1) is 18.2 Å². The molecule has 1 saturated carbocycles. The van der Waals surface area contributed by atoms with Crippen LogP contribution in [0.4, 0.5) is 0 Å². The van der Waals surface area contributed by atoms with Gasteiger partial charge in [-0.1, -0.05) is 6.92 Å². The van der Waals surface area contributed by atoms with Gasteiger partial charge in [0.2, 0.25) is 0 Å². The van der Waals surface area contributed by atoms with Gasteiger partial charge in [-0.15, -0.1) is 17.0 Å². The molecule has 2 fully saturated rings. The molecule has 0 radical (unpaired) electrons. The second-order valence-electron chi connectivity index (χ2n) is 6.05. The van der Waals surface area contributed by atoms with E-state index in [2.05, 4.69) is 16.8 Å². The average Bonchev–Trinajstić information content (AvgIpc) is 2.35. The summed E-state index contributed by atoms with van der Waals surface area (Å²) in [4.78, 5) is 6.50. The highest BCUT2D eigenvalue weighted by molar-refractivity contribution is 8.93. The van der Waals surface area contributed by atoms with Crippen LogP contribution in [0.25, 0.3) is 0 Å². The lowest BCUT2D eigenvalue weighted by Crippen LogP contribution is -2.51. The van der Waals surface area contributed by atoms with Gasteiger partial charge in [-0.25, -0.2) is 0 Å². The first-order valence-corrected chi connectivity index (χ1v) is 7.41. The van der Waals surface area contributed by atoms with E-state index in [1.165, 1.54) is 12.8 Å². The number of halogens is 1. The maximum atomic E-state index is 10.2. The molecule has 0 spiro atoms. The maximum Gasteiger partial charge on any atom is 0.191 e. The molecule has 3 N–H and O–H groups in total. The summed E-state index contributed by atoms with van der Waals surface area (Å²) in [5.74, 6) is 1.37. The fourth-order valence-electron chi connectivity index (χ4n) is 2.84. The van der Waals surface area contributed by atoms with Crippen LogP contribution in [0, 0.1) is 5.92 Å². The highest BCUT2D eigenvalue weighted by Gasteiger charge is 2.43. The number of piperidine rings is 1.